The molecule has 3 N–H and O–H groups in total. The van der Waals surface area contributed by atoms with E-state index in [0.29, 0.717) is 24.4 Å². The zero-order chi connectivity index (χ0) is 12.1. The number of rotatable bonds is 7. The van der Waals surface area contributed by atoms with Crippen molar-refractivity contribution in [3.63, 3.8) is 0 Å². The van der Waals surface area contributed by atoms with Crippen LogP contribution >= 0.6 is 0 Å². The lowest BCUT2D eigenvalue weighted by Crippen LogP contribution is -2.20. The molecular weight excluding hydrogens is 219 g/mol. The van der Waals surface area contributed by atoms with E-state index in [1.807, 2.05) is 0 Å². The molecule has 1 aliphatic carbocycles. The van der Waals surface area contributed by atoms with Crippen molar-refractivity contribution < 1.29 is 9.13 Å². The Morgan fingerprint density at radius 1 is 1.41 bits per heavy atom. The van der Waals surface area contributed by atoms with E-state index in [0.717, 1.165) is 19.1 Å². The van der Waals surface area contributed by atoms with Gasteiger partial charge in [0.25, 0.3) is 0 Å². The van der Waals surface area contributed by atoms with Crippen LogP contribution < -0.4 is 11.1 Å². The maximum Gasteiger partial charge on any atom is 0.129 e. The summed E-state index contributed by atoms with van der Waals surface area (Å²) < 4.78 is 18.9. The topological polar surface area (TPSA) is 47.3 Å². The highest BCUT2D eigenvalue weighted by Crippen LogP contribution is 2.28. The van der Waals surface area contributed by atoms with E-state index >= 15 is 0 Å². The second-order valence-corrected chi connectivity index (χ2v) is 4.55. The van der Waals surface area contributed by atoms with Crippen LogP contribution in [0.5, 0.6) is 0 Å². The number of anilines is 1. The lowest BCUT2D eigenvalue weighted by molar-refractivity contribution is 0.126. The average molecular weight is 238 g/mol. The third kappa shape index (κ3) is 4.32. The molecule has 4 heteroatoms. The summed E-state index contributed by atoms with van der Waals surface area (Å²) in [5.74, 6) is 0.543. The number of nitrogen functional groups attached to an aromatic ring is 1. The first-order chi connectivity index (χ1) is 8.25. The molecule has 1 aromatic rings. The SMILES string of the molecule is Nc1ccc(CNCCOCC2CC2)c(F)c1. The summed E-state index contributed by atoms with van der Waals surface area (Å²) in [6.07, 6.45) is 2.62. The van der Waals surface area contributed by atoms with Crippen molar-refractivity contribution in [2.45, 2.75) is 19.4 Å². The molecule has 1 aliphatic rings. The largest absolute Gasteiger partial charge is 0.399 e. The lowest BCUT2D eigenvalue weighted by atomic mass is 10.2. The number of nitrogens with two attached hydrogens (primary N) is 1. The molecule has 0 unspecified atom stereocenters. The average Bonchev–Trinajstić information content (AvgIpc) is 3.09. The van der Waals surface area contributed by atoms with Crippen molar-refractivity contribution in [2.24, 2.45) is 5.92 Å². The summed E-state index contributed by atoms with van der Waals surface area (Å²) in [7, 11) is 0. The molecule has 1 saturated carbocycles. The van der Waals surface area contributed by atoms with Crippen molar-refractivity contribution in [3.8, 4) is 0 Å². The number of halogens is 1. The molecule has 94 valence electrons. The van der Waals surface area contributed by atoms with Gasteiger partial charge in [0, 0.05) is 30.9 Å². The minimum Gasteiger partial charge on any atom is -0.399 e. The van der Waals surface area contributed by atoms with Crippen molar-refractivity contribution in [1.82, 2.24) is 5.32 Å². The van der Waals surface area contributed by atoms with E-state index in [-0.39, 0.29) is 5.82 Å². The molecule has 0 spiro atoms. The van der Waals surface area contributed by atoms with Gasteiger partial charge in [-0.05, 0) is 30.9 Å². The van der Waals surface area contributed by atoms with Gasteiger partial charge in [-0.15, -0.1) is 0 Å². The normalized spacial score (nSPS) is 15.1. The minimum absolute atomic E-state index is 0.253. The molecule has 1 fully saturated rings. The first-order valence-electron chi connectivity index (χ1n) is 6.08. The second kappa shape index (κ2) is 5.98. The Bertz CT molecular complexity index is 366. The van der Waals surface area contributed by atoms with Crippen LogP contribution in [0.2, 0.25) is 0 Å². The summed E-state index contributed by atoms with van der Waals surface area (Å²) in [6, 6.07) is 4.77. The summed E-state index contributed by atoms with van der Waals surface area (Å²) in [5, 5.41) is 3.15. The van der Waals surface area contributed by atoms with Gasteiger partial charge >= 0.3 is 0 Å². The maximum atomic E-state index is 13.4. The van der Waals surface area contributed by atoms with Crippen molar-refractivity contribution in [2.75, 3.05) is 25.5 Å². The van der Waals surface area contributed by atoms with E-state index in [4.69, 9.17) is 10.5 Å². The monoisotopic (exact) mass is 238 g/mol. The van der Waals surface area contributed by atoms with Crippen LogP contribution in [0.1, 0.15) is 18.4 Å². The smallest absolute Gasteiger partial charge is 0.129 e. The highest BCUT2D eigenvalue weighted by atomic mass is 19.1. The Labute approximate surface area is 101 Å². The van der Waals surface area contributed by atoms with Gasteiger partial charge in [0.15, 0.2) is 0 Å². The van der Waals surface area contributed by atoms with Gasteiger partial charge in [-0.1, -0.05) is 6.07 Å². The van der Waals surface area contributed by atoms with E-state index in [9.17, 15) is 4.39 Å². The zero-order valence-corrected chi connectivity index (χ0v) is 9.92. The van der Waals surface area contributed by atoms with Gasteiger partial charge in [-0.2, -0.15) is 0 Å². The first kappa shape index (κ1) is 12.3. The molecule has 17 heavy (non-hydrogen) atoms. The number of hydrogen-bond donors (Lipinski definition) is 2. The van der Waals surface area contributed by atoms with Crippen LogP contribution in [0, 0.1) is 11.7 Å². The molecule has 0 radical (unpaired) electrons. The fourth-order valence-corrected chi connectivity index (χ4v) is 1.61. The number of hydrogen-bond acceptors (Lipinski definition) is 3. The molecule has 0 saturated heterocycles. The van der Waals surface area contributed by atoms with Crippen LogP contribution in [0.3, 0.4) is 0 Å². The maximum absolute atomic E-state index is 13.4. The molecule has 1 aromatic carbocycles. The van der Waals surface area contributed by atoms with Crippen molar-refractivity contribution >= 4 is 5.69 Å². The molecule has 0 atom stereocenters. The first-order valence-corrected chi connectivity index (χ1v) is 6.08. The minimum atomic E-state index is -0.253. The fraction of sp³-hybridized carbons (Fsp3) is 0.538. The molecule has 2 rings (SSSR count). The third-order valence-corrected chi connectivity index (χ3v) is 2.87. The highest BCUT2D eigenvalue weighted by molar-refractivity contribution is 5.40. The van der Waals surface area contributed by atoms with Crippen LogP contribution in [-0.2, 0) is 11.3 Å². The van der Waals surface area contributed by atoms with Crippen LogP contribution in [0.15, 0.2) is 18.2 Å². The standard InChI is InChI=1S/C13H19FN2O/c14-13-7-12(15)4-3-11(13)8-16-5-6-17-9-10-1-2-10/h3-4,7,10,16H,1-2,5-6,8-9,15H2. The van der Waals surface area contributed by atoms with Crippen LogP contribution in [-0.4, -0.2) is 19.8 Å². The predicted molar refractivity (Wildman–Crippen MR) is 66.1 cm³/mol. The Balaban J connectivity index is 1.60. The number of ether oxygens (including phenoxy) is 1. The van der Waals surface area contributed by atoms with E-state index in [1.165, 1.54) is 18.9 Å². The lowest BCUT2D eigenvalue weighted by Gasteiger charge is -2.07. The molecule has 0 heterocycles. The Morgan fingerprint density at radius 3 is 2.94 bits per heavy atom. The van der Waals surface area contributed by atoms with Gasteiger partial charge in [-0.3, -0.25) is 0 Å². The number of benzene rings is 1. The number of nitrogens with one attached hydrogen (secondary N) is 1. The van der Waals surface area contributed by atoms with Crippen molar-refractivity contribution in [1.29, 1.82) is 0 Å². The summed E-state index contributed by atoms with van der Waals surface area (Å²) in [6.45, 7) is 2.82. The quantitative estimate of drug-likeness (QED) is 0.563. The Hall–Kier alpha value is -1.13. The van der Waals surface area contributed by atoms with Gasteiger partial charge in [-0.25, -0.2) is 4.39 Å². The fourth-order valence-electron chi connectivity index (χ4n) is 1.61. The van der Waals surface area contributed by atoms with E-state index in [1.54, 1.807) is 12.1 Å². The van der Waals surface area contributed by atoms with Gasteiger partial charge in [0.1, 0.15) is 5.82 Å². The highest BCUT2D eigenvalue weighted by Gasteiger charge is 2.20. The van der Waals surface area contributed by atoms with Gasteiger partial charge in [0.2, 0.25) is 0 Å². The molecule has 0 aromatic heterocycles. The summed E-state index contributed by atoms with van der Waals surface area (Å²) in [5.41, 5.74) is 6.57. The molecular formula is C13H19FN2O. The molecule has 3 nitrogen and oxygen atoms in total. The van der Waals surface area contributed by atoms with Crippen LogP contribution in [0.4, 0.5) is 10.1 Å². The van der Waals surface area contributed by atoms with E-state index in [2.05, 4.69) is 5.32 Å². The summed E-state index contributed by atoms with van der Waals surface area (Å²) >= 11 is 0. The van der Waals surface area contributed by atoms with Crippen molar-refractivity contribution in [3.05, 3.63) is 29.6 Å². The van der Waals surface area contributed by atoms with E-state index < -0.39 is 0 Å². The predicted octanol–water partition coefficient (Wildman–Crippen LogP) is 1.92. The Morgan fingerprint density at radius 2 is 2.24 bits per heavy atom. The third-order valence-electron chi connectivity index (χ3n) is 2.87. The Kier molecular flexibility index (Phi) is 4.34. The van der Waals surface area contributed by atoms with Crippen LogP contribution in [0.25, 0.3) is 0 Å². The molecule has 0 aliphatic heterocycles. The zero-order valence-electron chi connectivity index (χ0n) is 9.92. The van der Waals surface area contributed by atoms with Gasteiger partial charge < -0.3 is 15.8 Å². The summed E-state index contributed by atoms with van der Waals surface area (Å²) in [4.78, 5) is 0. The van der Waals surface area contributed by atoms with Gasteiger partial charge in [0.05, 0.1) is 6.61 Å². The second-order valence-electron chi connectivity index (χ2n) is 4.55. The molecule has 0 bridgehead atoms. The molecule has 0 amide bonds.